The largest absolute Gasteiger partial charge is 0.496 e. The summed E-state index contributed by atoms with van der Waals surface area (Å²) < 4.78 is 15.8. The van der Waals surface area contributed by atoms with Gasteiger partial charge in [-0.15, -0.1) is 0 Å². The standard InChI is InChI=1S/C13H21NO4/c1-9(8-15)14-7-11-12(17-3)5-10(16-2)6-13(11)18-4/h5-6,9,14-15H,7-8H2,1-4H3. The zero-order chi connectivity index (χ0) is 13.5. The first kappa shape index (κ1) is 14.6. The zero-order valence-corrected chi connectivity index (χ0v) is 11.3. The Morgan fingerprint density at radius 2 is 1.67 bits per heavy atom. The SMILES string of the molecule is COc1cc(OC)c(CNC(C)CO)c(OC)c1. The van der Waals surface area contributed by atoms with Crippen LogP contribution in [0, 0.1) is 0 Å². The van der Waals surface area contributed by atoms with E-state index in [0.29, 0.717) is 23.8 Å². The maximum Gasteiger partial charge on any atom is 0.130 e. The van der Waals surface area contributed by atoms with Gasteiger partial charge in [0.15, 0.2) is 0 Å². The molecule has 0 amide bonds. The lowest BCUT2D eigenvalue weighted by Crippen LogP contribution is -2.29. The Labute approximate surface area is 108 Å². The lowest BCUT2D eigenvalue weighted by Gasteiger charge is -2.17. The quantitative estimate of drug-likeness (QED) is 0.766. The van der Waals surface area contributed by atoms with Crippen molar-refractivity contribution in [2.45, 2.75) is 19.5 Å². The molecule has 0 heterocycles. The Kier molecular flexibility index (Phi) is 5.74. The molecule has 5 heteroatoms. The van der Waals surface area contributed by atoms with Gasteiger partial charge in [-0.25, -0.2) is 0 Å². The predicted octanol–water partition coefficient (Wildman–Crippen LogP) is 1.18. The molecule has 1 aromatic rings. The summed E-state index contributed by atoms with van der Waals surface area (Å²) in [5.74, 6) is 2.08. The number of aliphatic hydroxyl groups excluding tert-OH is 1. The Bertz CT molecular complexity index is 356. The fourth-order valence-electron chi connectivity index (χ4n) is 1.59. The number of methoxy groups -OCH3 is 3. The molecule has 18 heavy (non-hydrogen) atoms. The van der Waals surface area contributed by atoms with Gasteiger partial charge in [0, 0.05) is 24.7 Å². The van der Waals surface area contributed by atoms with Crippen LogP contribution >= 0.6 is 0 Å². The summed E-state index contributed by atoms with van der Waals surface area (Å²) >= 11 is 0. The van der Waals surface area contributed by atoms with Crippen molar-refractivity contribution in [1.82, 2.24) is 5.32 Å². The number of aliphatic hydroxyl groups is 1. The van der Waals surface area contributed by atoms with Crippen LogP contribution in [0.2, 0.25) is 0 Å². The van der Waals surface area contributed by atoms with Gasteiger partial charge in [-0.1, -0.05) is 0 Å². The van der Waals surface area contributed by atoms with E-state index in [-0.39, 0.29) is 12.6 Å². The van der Waals surface area contributed by atoms with Gasteiger partial charge in [-0.05, 0) is 6.92 Å². The highest BCUT2D eigenvalue weighted by Crippen LogP contribution is 2.33. The molecular weight excluding hydrogens is 234 g/mol. The average molecular weight is 255 g/mol. The molecule has 0 saturated heterocycles. The highest BCUT2D eigenvalue weighted by Gasteiger charge is 2.13. The van der Waals surface area contributed by atoms with Crippen molar-refractivity contribution in [2.75, 3.05) is 27.9 Å². The number of benzene rings is 1. The Morgan fingerprint density at radius 3 is 2.06 bits per heavy atom. The van der Waals surface area contributed by atoms with Crippen molar-refractivity contribution in [2.24, 2.45) is 0 Å². The van der Waals surface area contributed by atoms with E-state index in [9.17, 15) is 0 Å². The van der Waals surface area contributed by atoms with Crippen molar-refractivity contribution in [3.63, 3.8) is 0 Å². The molecular formula is C13H21NO4. The summed E-state index contributed by atoms with van der Waals surface area (Å²) in [4.78, 5) is 0. The van der Waals surface area contributed by atoms with Gasteiger partial charge in [-0.3, -0.25) is 0 Å². The summed E-state index contributed by atoms with van der Waals surface area (Å²) in [7, 11) is 4.81. The van der Waals surface area contributed by atoms with Gasteiger partial charge in [-0.2, -0.15) is 0 Å². The first-order valence-corrected chi connectivity index (χ1v) is 5.79. The summed E-state index contributed by atoms with van der Waals surface area (Å²) in [6.07, 6.45) is 0. The fraction of sp³-hybridized carbons (Fsp3) is 0.538. The van der Waals surface area contributed by atoms with Crippen LogP contribution in [0.25, 0.3) is 0 Å². The van der Waals surface area contributed by atoms with Crippen LogP contribution in [-0.4, -0.2) is 39.1 Å². The van der Waals surface area contributed by atoms with Crippen LogP contribution in [0.3, 0.4) is 0 Å². The van der Waals surface area contributed by atoms with Gasteiger partial charge < -0.3 is 24.6 Å². The Balaban J connectivity index is 2.99. The summed E-state index contributed by atoms with van der Waals surface area (Å²) in [5.41, 5.74) is 0.904. The summed E-state index contributed by atoms with van der Waals surface area (Å²) in [6.45, 7) is 2.54. The van der Waals surface area contributed by atoms with Crippen molar-refractivity contribution in [3.8, 4) is 17.2 Å². The van der Waals surface area contributed by atoms with Gasteiger partial charge in [0.1, 0.15) is 17.2 Å². The molecule has 0 saturated carbocycles. The lowest BCUT2D eigenvalue weighted by atomic mass is 10.1. The number of rotatable bonds is 7. The fourth-order valence-corrected chi connectivity index (χ4v) is 1.59. The maximum atomic E-state index is 9.00. The minimum absolute atomic E-state index is 0.0153. The van der Waals surface area contributed by atoms with Crippen molar-refractivity contribution in [1.29, 1.82) is 0 Å². The molecule has 0 aromatic heterocycles. The maximum absolute atomic E-state index is 9.00. The monoisotopic (exact) mass is 255 g/mol. The molecule has 102 valence electrons. The molecule has 0 spiro atoms. The first-order chi connectivity index (χ1) is 8.65. The van der Waals surface area contributed by atoms with Crippen LogP contribution < -0.4 is 19.5 Å². The molecule has 0 bridgehead atoms. The van der Waals surface area contributed by atoms with E-state index in [1.54, 1.807) is 21.3 Å². The van der Waals surface area contributed by atoms with E-state index in [4.69, 9.17) is 19.3 Å². The van der Waals surface area contributed by atoms with E-state index in [1.807, 2.05) is 19.1 Å². The molecule has 5 nitrogen and oxygen atoms in total. The van der Waals surface area contributed by atoms with Gasteiger partial charge in [0.05, 0.1) is 33.5 Å². The van der Waals surface area contributed by atoms with Gasteiger partial charge in [0.25, 0.3) is 0 Å². The van der Waals surface area contributed by atoms with Crippen molar-refractivity contribution >= 4 is 0 Å². The number of nitrogens with one attached hydrogen (secondary N) is 1. The van der Waals surface area contributed by atoms with E-state index in [1.165, 1.54) is 0 Å². The van der Waals surface area contributed by atoms with Crippen LogP contribution in [0.4, 0.5) is 0 Å². The molecule has 1 rings (SSSR count). The third-order valence-corrected chi connectivity index (χ3v) is 2.72. The van der Waals surface area contributed by atoms with Crippen molar-refractivity contribution in [3.05, 3.63) is 17.7 Å². The second kappa shape index (κ2) is 7.08. The Morgan fingerprint density at radius 1 is 1.11 bits per heavy atom. The predicted molar refractivity (Wildman–Crippen MR) is 69.5 cm³/mol. The molecule has 2 N–H and O–H groups in total. The van der Waals surface area contributed by atoms with Crippen LogP contribution in [0.15, 0.2) is 12.1 Å². The molecule has 0 fully saturated rings. The molecule has 1 atom stereocenters. The van der Waals surface area contributed by atoms with Crippen LogP contribution in [-0.2, 0) is 6.54 Å². The van der Waals surface area contributed by atoms with E-state index in [2.05, 4.69) is 5.32 Å². The van der Waals surface area contributed by atoms with Gasteiger partial charge in [0.2, 0.25) is 0 Å². The smallest absolute Gasteiger partial charge is 0.130 e. The average Bonchev–Trinajstić information content (AvgIpc) is 2.43. The molecule has 0 aliphatic heterocycles. The summed E-state index contributed by atoms with van der Waals surface area (Å²) in [6, 6.07) is 3.63. The van der Waals surface area contributed by atoms with E-state index >= 15 is 0 Å². The molecule has 1 aromatic carbocycles. The highest BCUT2D eigenvalue weighted by atomic mass is 16.5. The van der Waals surface area contributed by atoms with Crippen molar-refractivity contribution < 1.29 is 19.3 Å². The third kappa shape index (κ3) is 3.51. The van der Waals surface area contributed by atoms with E-state index in [0.717, 1.165) is 5.56 Å². The highest BCUT2D eigenvalue weighted by molar-refractivity contribution is 5.50. The topological polar surface area (TPSA) is 60.0 Å². The minimum Gasteiger partial charge on any atom is -0.496 e. The number of hydrogen-bond acceptors (Lipinski definition) is 5. The molecule has 0 aliphatic rings. The lowest BCUT2D eigenvalue weighted by molar-refractivity contribution is 0.250. The molecule has 0 radical (unpaired) electrons. The minimum atomic E-state index is 0.0153. The second-order valence-corrected chi connectivity index (χ2v) is 3.97. The zero-order valence-electron chi connectivity index (χ0n) is 11.3. The molecule has 0 aliphatic carbocycles. The third-order valence-electron chi connectivity index (χ3n) is 2.72. The number of ether oxygens (including phenoxy) is 3. The normalized spacial score (nSPS) is 12.1. The van der Waals surface area contributed by atoms with E-state index < -0.39 is 0 Å². The second-order valence-electron chi connectivity index (χ2n) is 3.97. The van der Waals surface area contributed by atoms with Crippen LogP contribution in [0.5, 0.6) is 17.2 Å². The first-order valence-electron chi connectivity index (χ1n) is 5.79. The molecule has 1 unspecified atom stereocenters. The Hall–Kier alpha value is -1.46. The van der Waals surface area contributed by atoms with Gasteiger partial charge >= 0.3 is 0 Å². The van der Waals surface area contributed by atoms with Crippen LogP contribution in [0.1, 0.15) is 12.5 Å². The summed E-state index contributed by atoms with van der Waals surface area (Å²) in [5, 5.41) is 12.2. The number of hydrogen-bond donors (Lipinski definition) is 2.